The summed E-state index contributed by atoms with van der Waals surface area (Å²) in [6.07, 6.45) is -3.62. The fourth-order valence-electron chi connectivity index (χ4n) is 1.04. The van der Waals surface area contributed by atoms with E-state index in [1.165, 1.54) is 0 Å². The van der Waals surface area contributed by atoms with Gasteiger partial charge in [0.2, 0.25) is 0 Å². The molecule has 0 aliphatic rings. The van der Waals surface area contributed by atoms with E-state index >= 15 is 0 Å². The van der Waals surface area contributed by atoms with E-state index in [4.69, 9.17) is 10.2 Å². The predicted molar refractivity (Wildman–Crippen MR) is 69.2 cm³/mol. The van der Waals surface area contributed by atoms with E-state index in [0.717, 1.165) is 0 Å². The molecule has 0 aromatic rings. The van der Waals surface area contributed by atoms with Crippen molar-refractivity contribution < 1.29 is 44.0 Å². The number of amides is 2. The molecule has 0 atom stereocenters. The first kappa shape index (κ1) is 19.4. The van der Waals surface area contributed by atoms with Crippen LogP contribution in [0.2, 0.25) is 0 Å². The zero-order valence-electron chi connectivity index (χ0n) is 11.6. The summed E-state index contributed by atoms with van der Waals surface area (Å²) in [4.78, 5) is 42.5. The van der Waals surface area contributed by atoms with Gasteiger partial charge in [0.1, 0.15) is 19.3 Å². The van der Waals surface area contributed by atoms with E-state index in [1.54, 1.807) is 0 Å². The number of ether oxygens (including phenoxy) is 2. The molecule has 0 radical (unpaired) electrons. The molecule has 11 heteroatoms. The van der Waals surface area contributed by atoms with Gasteiger partial charge in [-0.25, -0.2) is 9.59 Å². The summed E-state index contributed by atoms with van der Waals surface area (Å²) in [6, 6.07) is 0. The molecule has 0 fully saturated rings. The Kier molecular flexibility index (Phi) is 9.84. The van der Waals surface area contributed by atoms with Gasteiger partial charge in [-0.2, -0.15) is 0 Å². The van der Waals surface area contributed by atoms with Crippen LogP contribution in [-0.4, -0.2) is 71.9 Å². The largest absolute Gasteiger partial charge is 0.481 e. The zero-order chi connectivity index (χ0) is 17.0. The highest BCUT2D eigenvalue weighted by atomic mass is 16.6. The molecule has 0 aromatic heterocycles. The number of hydrogen-bond acceptors (Lipinski definition) is 7. The van der Waals surface area contributed by atoms with Crippen molar-refractivity contribution >= 4 is 24.1 Å². The highest BCUT2D eigenvalue weighted by Crippen LogP contribution is 1.90. The molecule has 126 valence electrons. The zero-order valence-corrected chi connectivity index (χ0v) is 11.6. The van der Waals surface area contributed by atoms with Crippen LogP contribution in [0.25, 0.3) is 0 Å². The van der Waals surface area contributed by atoms with Crippen LogP contribution in [0.4, 0.5) is 9.59 Å². The van der Waals surface area contributed by atoms with Gasteiger partial charge >= 0.3 is 24.1 Å². The number of carbonyl (C=O) groups excluding carboxylic acids is 2. The molecule has 11 nitrogen and oxygen atoms in total. The van der Waals surface area contributed by atoms with Gasteiger partial charge in [0.25, 0.3) is 0 Å². The third kappa shape index (κ3) is 12.5. The first-order chi connectivity index (χ1) is 10.3. The molecule has 0 spiro atoms. The van der Waals surface area contributed by atoms with Crippen LogP contribution in [0.3, 0.4) is 0 Å². The van der Waals surface area contributed by atoms with Crippen molar-refractivity contribution in [3.8, 4) is 0 Å². The van der Waals surface area contributed by atoms with Crippen molar-refractivity contribution in [2.75, 3.05) is 26.3 Å². The molecule has 5 N–H and O–H groups in total. The number of nitrogens with one attached hydrogen (secondary N) is 2. The Bertz CT molecular complexity index is 363. The maximum absolute atomic E-state index is 11.1. The molecule has 0 saturated heterocycles. The molecule has 0 unspecified atom stereocenters. The molecule has 0 aliphatic carbocycles. The molecule has 2 amide bonds. The number of rotatable bonds is 10. The molecule has 0 saturated carbocycles. The summed E-state index contributed by atoms with van der Waals surface area (Å²) < 4.78 is 9.10. The van der Waals surface area contributed by atoms with Crippen molar-refractivity contribution in [2.24, 2.45) is 0 Å². The van der Waals surface area contributed by atoms with Crippen LogP contribution in [-0.2, 0) is 19.1 Å². The molecule has 22 heavy (non-hydrogen) atoms. The summed E-state index contributed by atoms with van der Waals surface area (Å²) in [5, 5.41) is 30.3. The summed E-state index contributed by atoms with van der Waals surface area (Å²) in [5.74, 6) is -2.16. The Morgan fingerprint density at radius 2 is 1.18 bits per heavy atom. The fraction of sp³-hybridized carbons (Fsp3) is 0.636. The number of hydrogen-bond donors (Lipinski definition) is 5. The monoisotopic (exact) mass is 322 g/mol. The Balaban J connectivity index is 3.65. The van der Waals surface area contributed by atoms with Gasteiger partial charge in [0, 0.05) is 13.1 Å². The normalized spacial score (nSPS) is 9.91. The van der Waals surface area contributed by atoms with Gasteiger partial charge in [-0.05, 0) is 0 Å². The summed E-state index contributed by atoms with van der Waals surface area (Å²) in [6.45, 7) is -1.15. The number of carboxylic acid groups (broad SMARTS) is 2. The van der Waals surface area contributed by atoms with Crippen LogP contribution < -0.4 is 10.6 Å². The van der Waals surface area contributed by atoms with Gasteiger partial charge in [-0.1, -0.05) is 0 Å². The van der Waals surface area contributed by atoms with Crippen LogP contribution in [0.5, 0.6) is 0 Å². The van der Waals surface area contributed by atoms with E-state index in [2.05, 4.69) is 20.1 Å². The van der Waals surface area contributed by atoms with E-state index in [-0.39, 0.29) is 25.9 Å². The molecule has 0 heterocycles. The van der Waals surface area contributed by atoms with E-state index in [9.17, 15) is 24.3 Å². The second-order valence-electron chi connectivity index (χ2n) is 3.99. The molecule has 0 rings (SSSR count). The van der Waals surface area contributed by atoms with Crippen molar-refractivity contribution in [3.05, 3.63) is 0 Å². The third-order valence-corrected chi connectivity index (χ3v) is 2.03. The number of aliphatic hydroxyl groups excluding tert-OH is 1. The van der Waals surface area contributed by atoms with Crippen LogP contribution in [0.1, 0.15) is 12.8 Å². The maximum Gasteiger partial charge on any atom is 0.407 e. The average molecular weight is 322 g/mol. The topological polar surface area (TPSA) is 171 Å². The van der Waals surface area contributed by atoms with Gasteiger partial charge in [-0.15, -0.1) is 0 Å². The Morgan fingerprint density at radius 1 is 0.818 bits per heavy atom. The highest BCUT2D eigenvalue weighted by molar-refractivity contribution is 5.71. The summed E-state index contributed by atoms with van der Waals surface area (Å²) in [7, 11) is 0. The van der Waals surface area contributed by atoms with Crippen LogP contribution >= 0.6 is 0 Å². The predicted octanol–water partition coefficient (Wildman–Crippen LogP) is -1.25. The minimum absolute atomic E-state index is 0.118. The molecule has 0 bridgehead atoms. The molecular weight excluding hydrogens is 304 g/mol. The number of aliphatic carboxylic acids is 2. The first-order valence-corrected chi connectivity index (χ1v) is 6.24. The van der Waals surface area contributed by atoms with Crippen LogP contribution in [0.15, 0.2) is 0 Å². The third-order valence-electron chi connectivity index (χ3n) is 2.03. The lowest BCUT2D eigenvalue weighted by molar-refractivity contribution is -0.137. The van der Waals surface area contributed by atoms with E-state index < -0.39 is 43.4 Å². The minimum atomic E-state index is -1.27. The average Bonchev–Trinajstić information content (AvgIpc) is 2.42. The molecular formula is C11H18N2O9. The lowest BCUT2D eigenvalue weighted by Crippen LogP contribution is -2.33. The Labute approximate surface area is 125 Å². The van der Waals surface area contributed by atoms with Gasteiger partial charge < -0.3 is 35.4 Å². The Morgan fingerprint density at radius 3 is 1.50 bits per heavy atom. The van der Waals surface area contributed by atoms with Gasteiger partial charge in [-0.3, -0.25) is 9.59 Å². The standard InChI is InChI=1S/C11H18N2O9/c14-7(5-21-10(19)12-3-1-8(15)16)6-22-11(20)13-4-2-9(17)18/h7,14H,1-6H2,(H,12,19)(H,13,20)(H,15,16)(H,17,18). The lowest BCUT2D eigenvalue weighted by atomic mass is 10.4. The molecule has 0 aromatic carbocycles. The maximum atomic E-state index is 11.1. The van der Waals surface area contributed by atoms with Crippen LogP contribution in [0, 0.1) is 0 Å². The first-order valence-electron chi connectivity index (χ1n) is 6.24. The number of carbonyl (C=O) groups is 4. The number of aliphatic hydroxyl groups is 1. The van der Waals surface area contributed by atoms with Crippen molar-refractivity contribution in [3.63, 3.8) is 0 Å². The van der Waals surface area contributed by atoms with E-state index in [1.807, 2.05) is 0 Å². The highest BCUT2D eigenvalue weighted by Gasteiger charge is 2.12. The fourth-order valence-corrected chi connectivity index (χ4v) is 1.04. The van der Waals surface area contributed by atoms with Crippen molar-refractivity contribution in [1.82, 2.24) is 10.6 Å². The number of carboxylic acids is 2. The summed E-state index contributed by atoms with van der Waals surface area (Å²) in [5.41, 5.74) is 0. The van der Waals surface area contributed by atoms with Gasteiger partial charge in [0.15, 0.2) is 0 Å². The summed E-state index contributed by atoms with van der Waals surface area (Å²) >= 11 is 0. The second kappa shape index (κ2) is 11.1. The lowest BCUT2D eigenvalue weighted by Gasteiger charge is -2.12. The second-order valence-corrected chi connectivity index (χ2v) is 3.99. The molecule has 0 aliphatic heterocycles. The van der Waals surface area contributed by atoms with Crippen molar-refractivity contribution in [1.29, 1.82) is 0 Å². The Hall–Kier alpha value is -2.56. The van der Waals surface area contributed by atoms with Gasteiger partial charge in [0.05, 0.1) is 12.8 Å². The quantitative estimate of drug-likeness (QED) is 0.329. The minimum Gasteiger partial charge on any atom is -0.481 e. The van der Waals surface area contributed by atoms with E-state index in [0.29, 0.717) is 0 Å². The number of alkyl carbamates (subject to hydrolysis) is 2. The SMILES string of the molecule is O=C(O)CCNC(=O)OCC(O)COC(=O)NCCC(=O)O. The van der Waals surface area contributed by atoms with Crippen molar-refractivity contribution in [2.45, 2.75) is 18.9 Å². The smallest absolute Gasteiger partial charge is 0.407 e.